The molecule has 2 aromatic rings. The molecule has 9 heteroatoms. The SMILES string of the molecule is COc1ccc(Cl)cc1S(=O)(=O)N[C@@H](C)C(=O)N1CCN(c2ccccc2)CC1. The molecule has 1 N–H and O–H groups in total. The molecule has 3 rings (SSSR count). The zero-order valence-electron chi connectivity index (χ0n) is 16.3. The van der Waals surface area contributed by atoms with Crippen molar-refractivity contribution in [2.75, 3.05) is 38.2 Å². The van der Waals surface area contributed by atoms with E-state index in [1.165, 1.54) is 19.2 Å². The molecule has 2 aromatic carbocycles. The van der Waals surface area contributed by atoms with Crippen molar-refractivity contribution in [2.24, 2.45) is 0 Å². The van der Waals surface area contributed by atoms with Gasteiger partial charge in [-0.2, -0.15) is 4.72 Å². The first-order valence-electron chi connectivity index (χ1n) is 9.26. The Hall–Kier alpha value is -2.29. The predicted octanol–water partition coefficient (Wildman–Crippen LogP) is 2.36. The van der Waals surface area contributed by atoms with E-state index >= 15 is 0 Å². The molecule has 7 nitrogen and oxygen atoms in total. The number of carbonyl (C=O) groups is 1. The molecule has 0 unspecified atom stereocenters. The van der Waals surface area contributed by atoms with E-state index in [9.17, 15) is 13.2 Å². The summed E-state index contributed by atoms with van der Waals surface area (Å²) in [4.78, 5) is 16.6. The van der Waals surface area contributed by atoms with Gasteiger partial charge in [-0.3, -0.25) is 4.79 Å². The van der Waals surface area contributed by atoms with E-state index in [4.69, 9.17) is 16.3 Å². The van der Waals surface area contributed by atoms with Crippen molar-refractivity contribution >= 4 is 33.2 Å². The quantitative estimate of drug-likeness (QED) is 0.750. The van der Waals surface area contributed by atoms with Crippen LogP contribution in [-0.4, -0.2) is 58.6 Å². The van der Waals surface area contributed by atoms with Gasteiger partial charge in [0.2, 0.25) is 15.9 Å². The predicted molar refractivity (Wildman–Crippen MR) is 113 cm³/mol. The zero-order chi connectivity index (χ0) is 21.0. The molecule has 0 aliphatic carbocycles. The Bertz CT molecular complexity index is 961. The van der Waals surface area contributed by atoms with Crippen molar-refractivity contribution in [3.63, 3.8) is 0 Å². The number of hydrogen-bond acceptors (Lipinski definition) is 5. The van der Waals surface area contributed by atoms with Crippen LogP contribution in [0.4, 0.5) is 5.69 Å². The van der Waals surface area contributed by atoms with Crippen LogP contribution in [0.5, 0.6) is 5.75 Å². The van der Waals surface area contributed by atoms with Crippen molar-refractivity contribution in [2.45, 2.75) is 17.9 Å². The van der Waals surface area contributed by atoms with Gasteiger partial charge in [-0.05, 0) is 37.3 Å². The molecule has 1 aliphatic rings. The Morgan fingerprint density at radius 1 is 1.10 bits per heavy atom. The van der Waals surface area contributed by atoms with Crippen LogP contribution in [0.3, 0.4) is 0 Å². The van der Waals surface area contributed by atoms with Gasteiger partial charge >= 0.3 is 0 Å². The summed E-state index contributed by atoms with van der Waals surface area (Å²) in [7, 11) is -2.60. The minimum absolute atomic E-state index is 0.0963. The van der Waals surface area contributed by atoms with Gasteiger partial charge in [0.05, 0.1) is 13.2 Å². The number of nitrogens with one attached hydrogen (secondary N) is 1. The van der Waals surface area contributed by atoms with Crippen LogP contribution < -0.4 is 14.4 Å². The fourth-order valence-corrected chi connectivity index (χ4v) is 4.93. The van der Waals surface area contributed by atoms with Gasteiger partial charge in [-0.15, -0.1) is 0 Å². The molecule has 0 saturated carbocycles. The van der Waals surface area contributed by atoms with Crippen molar-refractivity contribution in [3.05, 3.63) is 53.6 Å². The van der Waals surface area contributed by atoms with Crippen LogP contribution >= 0.6 is 11.6 Å². The molecular weight excluding hydrogens is 414 g/mol. The van der Waals surface area contributed by atoms with Gasteiger partial charge in [0, 0.05) is 36.9 Å². The fourth-order valence-electron chi connectivity index (χ4n) is 3.30. The molecule has 1 amide bonds. The summed E-state index contributed by atoms with van der Waals surface area (Å²) in [5.74, 6) is -0.0969. The van der Waals surface area contributed by atoms with E-state index < -0.39 is 16.1 Å². The van der Waals surface area contributed by atoms with E-state index in [0.717, 1.165) is 5.69 Å². The number of hydrogen-bond donors (Lipinski definition) is 1. The van der Waals surface area contributed by atoms with Crippen LogP contribution in [0.2, 0.25) is 5.02 Å². The highest BCUT2D eigenvalue weighted by atomic mass is 35.5. The number of para-hydroxylation sites is 1. The molecule has 1 atom stereocenters. The molecule has 0 radical (unpaired) electrons. The third kappa shape index (κ3) is 5.01. The number of benzene rings is 2. The number of nitrogens with zero attached hydrogens (tertiary/aromatic N) is 2. The molecule has 1 saturated heterocycles. The fraction of sp³-hybridized carbons (Fsp3) is 0.350. The van der Waals surface area contributed by atoms with E-state index in [1.54, 1.807) is 17.9 Å². The summed E-state index contributed by atoms with van der Waals surface area (Å²) >= 11 is 5.94. The number of amides is 1. The van der Waals surface area contributed by atoms with Crippen molar-refractivity contribution in [1.82, 2.24) is 9.62 Å². The van der Waals surface area contributed by atoms with Crippen molar-refractivity contribution < 1.29 is 17.9 Å². The molecule has 1 heterocycles. The second-order valence-electron chi connectivity index (χ2n) is 6.79. The number of methoxy groups -OCH3 is 1. The van der Waals surface area contributed by atoms with Crippen LogP contribution in [-0.2, 0) is 14.8 Å². The lowest BCUT2D eigenvalue weighted by Gasteiger charge is -2.37. The molecule has 1 aliphatic heterocycles. The number of halogens is 1. The lowest BCUT2D eigenvalue weighted by atomic mass is 10.2. The zero-order valence-corrected chi connectivity index (χ0v) is 17.9. The van der Waals surface area contributed by atoms with Gasteiger partial charge in [0.15, 0.2) is 0 Å². The Labute approximate surface area is 176 Å². The summed E-state index contributed by atoms with van der Waals surface area (Å²) < 4.78 is 33.1. The standard InChI is InChI=1S/C20H24ClN3O4S/c1-15(22-29(26,27)19-14-16(21)8-9-18(19)28-2)20(25)24-12-10-23(11-13-24)17-6-4-3-5-7-17/h3-9,14-15,22H,10-13H2,1-2H3/t15-/m0/s1. The summed E-state index contributed by atoms with van der Waals surface area (Å²) in [5.41, 5.74) is 1.11. The normalized spacial score (nSPS) is 15.8. The summed E-state index contributed by atoms with van der Waals surface area (Å²) in [5, 5.41) is 0.266. The van der Waals surface area contributed by atoms with E-state index in [0.29, 0.717) is 26.2 Å². The van der Waals surface area contributed by atoms with E-state index in [1.807, 2.05) is 30.3 Å². The first-order chi connectivity index (χ1) is 13.8. The number of sulfonamides is 1. The monoisotopic (exact) mass is 437 g/mol. The molecule has 29 heavy (non-hydrogen) atoms. The topological polar surface area (TPSA) is 78.9 Å². The number of piperazine rings is 1. The highest BCUT2D eigenvalue weighted by Gasteiger charge is 2.29. The van der Waals surface area contributed by atoms with Crippen LogP contribution in [0.25, 0.3) is 0 Å². The maximum atomic E-state index is 12.8. The maximum absolute atomic E-state index is 12.8. The Balaban J connectivity index is 1.64. The van der Waals surface area contributed by atoms with Crippen LogP contribution in [0, 0.1) is 0 Å². The second-order valence-corrected chi connectivity index (χ2v) is 8.90. The smallest absolute Gasteiger partial charge is 0.245 e. The van der Waals surface area contributed by atoms with Gasteiger partial charge in [0.1, 0.15) is 10.6 Å². The molecule has 0 bridgehead atoms. The minimum Gasteiger partial charge on any atom is -0.495 e. The number of rotatable bonds is 6. The largest absolute Gasteiger partial charge is 0.495 e. The van der Waals surface area contributed by atoms with Gasteiger partial charge in [0.25, 0.3) is 0 Å². The molecule has 1 fully saturated rings. The number of ether oxygens (including phenoxy) is 1. The Morgan fingerprint density at radius 2 is 1.76 bits per heavy atom. The first kappa shape index (κ1) is 21.4. The van der Waals surface area contributed by atoms with Crippen LogP contribution in [0.1, 0.15) is 6.92 Å². The first-order valence-corrected chi connectivity index (χ1v) is 11.1. The Morgan fingerprint density at radius 3 is 2.38 bits per heavy atom. The molecular formula is C20H24ClN3O4S. The molecule has 0 spiro atoms. The lowest BCUT2D eigenvalue weighted by Crippen LogP contribution is -2.54. The van der Waals surface area contributed by atoms with Crippen molar-refractivity contribution in [1.29, 1.82) is 0 Å². The number of carbonyl (C=O) groups excluding carboxylic acids is 1. The summed E-state index contributed by atoms with van der Waals surface area (Å²) in [6.45, 7) is 3.98. The average Bonchev–Trinajstić information content (AvgIpc) is 2.73. The van der Waals surface area contributed by atoms with Gasteiger partial charge < -0.3 is 14.5 Å². The molecule has 0 aromatic heterocycles. The third-order valence-corrected chi connectivity index (χ3v) is 6.63. The van der Waals surface area contributed by atoms with E-state index in [-0.39, 0.29) is 21.6 Å². The average molecular weight is 438 g/mol. The lowest BCUT2D eigenvalue weighted by molar-refractivity contribution is -0.132. The van der Waals surface area contributed by atoms with Gasteiger partial charge in [-0.25, -0.2) is 8.42 Å². The summed E-state index contributed by atoms with van der Waals surface area (Å²) in [6, 6.07) is 13.4. The third-order valence-electron chi connectivity index (χ3n) is 4.83. The maximum Gasteiger partial charge on any atom is 0.245 e. The highest BCUT2D eigenvalue weighted by molar-refractivity contribution is 7.89. The number of anilines is 1. The highest BCUT2D eigenvalue weighted by Crippen LogP contribution is 2.27. The second kappa shape index (κ2) is 9.02. The minimum atomic E-state index is -3.98. The molecule has 156 valence electrons. The van der Waals surface area contributed by atoms with Gasteiger partial charge in [-0.1, -0.05) is 29.8 Å². The van der Waals surface area contributed by atoms with Crippen molar-refractivity contribution in [3.8, 4) is 5.75 Å². The summed E-state index contributed by atoms with van der Waals surface area (Å²) in [6.07, 6.45) is 0. The Kier molecular flexibility index (Phi) is 6.66. The van der Waals surface area contributed by atoms with E-state index in [2.05, 4.69) is 9.62 Å². The van der Waals surface area contributed by atoms with Crippen LogP contribution in [0.15, 0.2) is 53.4 Å².